The van der Waals surface area contributed by atoms with E-state index in [1.807, 2.05) is 6.92 Å². The van der Waals surface area contributed by atoms with E-state index in [4.69, 9.17) is 0 Å². The monoisotopic (exact) mass is 317 g/mol. The molecule has 0 spiro atoms. The molecule has 130 valence electrons. The summed E-state index contributed by atoms with van der Waals surface area (Å²) < 4.78 is 26.8. The first-order valence-corrected chi connectivity index (χ1v) is 8.84. The first kappa shape index (κ1) is 21.1. The average molecular weight is 317 g/mol. The molecule has 0 aliphatic heterocycles. The number of alkyl halides is 2. The zero-order chi connectivity index (χ0) is 16.7. The minimum absolute atomic E-state index is 0.0468. The zero-order valence-corrected chi connectivity index (χ0v) is 14.3. The Morgan fingerprint density at radius 2 is 1.55 bits per heavy atom. The summed E-state index contributed by atoms with van der Waals surface area (Å²) in [5.41, 5.74) is 0. The molecule has 0 saturated carbocycles. The molecule has 0 atom stereocenters. The van der Waals surface area contributed by atoms with Crippen molar-refractivity contribution in [3.63, 3.8) is 0 Å². The maximum atomic E-state index is 13.4. The highest BCUT2D eigenvalue weighted by Crippen LogP contribution is 2.23. The first-order valence-electron chi connectivity index (χ1n) is 8.84. The van der Waals surface area contributed by atoms with E-state index >= 15 is 0 Å². The molecule has 0 saturated heterocycles. The zero-order valence-electron chi connectivity index (χ0n) is 14.3. The summed E-state index contributed by atoms with van der Waals surface area (Å²) in [5.74, 6) is -2.80. The van der Waals surface area contributed by atoms with Gasteiger partial charge in [0, 0.05) is 19.4 Å². The van der Waals surface area contributed by atoms with Crippen LogP contribution in [-0.4, -0.2) is 18.4 Å². The molecule has 0 aromatic carbocycles. The maximum Gasteiger partial charge on any atom is 0.266 e. The molecule has 22 heavy (non-hydrogen) atoms. The van der Waals surface area contributed by atoms with Crippen molar-refractivity contribution >= 4 is 5.91 Å². The van der Waals surface area contributed by atoms with Crippen molar-refractivity contribution in [1.29, 1.82) is 0 Å². The van der Waals surface area contributed by atoms with Gasteiger partial charge in [-0.1, -0.05) is 64.9 Å². The SMILES string of the molecule is CCCCCCCCC(=O)NCC=CC(F)(F)CCCCC. The molecule has 0 aromatic rings. The summed E-state index contributed by atoms with van der Waals surface area (Å²) in [6.45, 7) is 4.36. The minimum Gasteiger partial charge on any atom is -0.353 e. The van der Waals surface area contributed by atoms with Gasteiger partial charge in [0.05, 0.1) is 0 Å². The Morgan fingerprint density at radius 3 is 2.23 bits per heavy atom. The highest BCUT2D eigenvalue weighted by atomic mass is 19.3. The molecule has 0 rings (SSSR count). The van der Waals surface area contributed by atoms with Gasteiger partial charge in [0.15, 0.2) is 0 Å². The summed E-state index contributed by atoms with van der Waals surface area (Å²) in [4.78, 5) is 11.5. The highest BCUT2D eigenvalue weighted by Gasteiger charge is 2.23. The van der Waals surface area contributed by atoms with Crippen molar-refractivity contribution < 1.29 is 13.6 Å². The number of rotatable bonds is 14. The number of amides is 1. The van der Waals surface area contributed by atoms with E-state index in [1.54, 1.807) is 0 Å². The van der Waals surface area contributed by atoms with E-state index in [-0.39, 0.29) is 18.9 Å². The summed E-state index contributed by atoms with van der Waals surface area (Å²) >= 11 is 0. The fraction of sp³-hybridized carbons (Fsp3) is 0.833. The van der Waals surface area contributed by atoms with Crippen LogP contribution in [0, 0.1) is 0 Å². The Bertz CT molecular complexity index is 303. The van der Waals surface area contributed by atoms with Gasteiger partial charge in [-0.05, 0) is 18.9 Å². The number of halogens is 2. The van der Waals surface area contributed by atoms with Crippen molar-refractivity contribution in [2.24, 2.45) is 0 Å². The second-order valence-corrected chi connectivity index (χ2v) is 5.94. The van der Waals surface area contributed by atoms with Gasteiger partial charge in [-0.3, -0.25) is 4.79 Å². The van der Waals surface area contributed by atoms with Crippen molar-refractivity contribution in [3.05, 3.63) is 12.2 Å². The normalized spacial score (nSPS) is 12.0. The van der Waals surface area contributed by atoms with Crippen molar-refractivity contribution in [2.45, 2.75) is 90.4 Å². The van der Waals surface area contributed by atoms with Crippen molar-refractivity contribution in [2.75, 3.05) is 6.54 Å². The van der Waals surface area contributed by atoms with Crippen LogP contribution in [0.25, 0.3) is 0 Å². The molecule has 1 N–H and O–H groups in total. The number of carbonyl (C=O) groups is 1. The third-order valence-corrected chi connectivity index (χ3v) is 3.65. The van der Waals surface area contributed by atoms with Crippen LogP contribution >= 0.6 is 0 Å². The predicted molar refractivity (Wildman–Crippen MR) is 89.2 cm³/mol. The van der Waals surface area contributed by atoms with Crippen LogP contribution in [0.3, 0.4) is 0 Å². The lowest BCUT2D eigenvalue weighted by Gasteiger charge is -2.11. The fourth-order valence-electron chi connectivity index (χ4n) is 2.25. The molecule has 1 amide bonds. The van der Waals surface area contributed by atoms with E-state index in [9.17, 15) is 13.6 Å². The van der Waals surface area contributed by atoms with Crippen LogP contribution in [0.1, 0.15) is 84.5 Å². The predicted octanol–water partition coefficient (Wildman–Crippen LogP) is 5.63. The van der Waals surface area contributed by atoms with Gasteiger partial charge in [0.2, 0.25) is 5.91 Å². The average Bonchev–Trinajstić information content (AvgIpc) is 2.47. The lowest BCUT2D eigenvalue weighted by molar-refractivity contribution is -0.121. The lowest BCUT2D eigenvalue weighted by Crippen LogP contribution is -2.23. The van der Waals surface area contributed by atoms with E-state index in [0.717, 1.165) is 31.8 Å². The van der Waals surface area contributed by atoms with Crippen LogP contribution in [0.15, 0.2) is 12.2 Å². The Balaban J connectivity index is 3.63. The lowest BCUT2D eigenvalue weighted by atomic mass is 10.1. The quantitative estimate of drug-likeness (QED) is 0.327. The summed E-state index contributed by atoms with van der Waals surface area (Å²) in [6, 6.07) is 0. The van der Waals surface area contributed by atoms with E-state index in [0.29, 0.717) is 12.8 Å². The molecule has 0 unspecified atom stereocenters. The Morgan fingerprint density at radius 1 is 0.955 bits per heavy atom. The molecule has 0 aliphatic carbocycles. The smallest absolute Gasteiger partial charge is 0.266 e. The van der Waals surface area contributed by atoms with Gasteiger partial charge >= 0.3 is 0 Å². The number of carbonyl (C=O) groups excluding carboxylic acids is 1. The molecular formula is C18H33F2NO. The third-order valence-electron chi connectivity index (χ3n) is 3.65. The molecule has 0 aliphatic rings. The topological polar surface area (TPSA) is 29.1 Å². The standard InChI is InChI=1S/C18H33F2NO/c1-3-5-7-8-9-10-13-17(22)21-16-12-15-18(19,20)14-11-6-4-2/h12,15H,3-11,13-14,16H2,1-2H3,(H,21,22). The number of hydrogen-bond acceptors (Lipinski definition) is 1. The number of unbranched alkanes of at least 4 members (excludes halogenated alkanes) is 7. The molecule has 0 aromatic heterocycles. The maximum absolute atomic E-state index is 13.4. The Labute approximate surface area is 134 Å². The second kappa shape index (κ2) is 13.7. The van der Waals surface area contributed by atoms with Crippen LogP contribution in [0.4, 0.5) is 8.78 Å². The van der Waals surface area contributed by atoms with Gasteiger partial charge in [0.1, 0.15) is 0 Å². The number of nitrogens with one attached hydrogen (secondary N) is 1. The van der Waals surface area contributed by atoms with Crippen molar-refractivity contribution in [1.82, 2.24) is 5.32 Å². The van der Waals surface area contributed by atoms with Crippen LogP contribution in [0.5, 0.6) is 0 Å². The molecule has 4 heteroatoms. The van der Waals surface area contributed by atoms with E-state index in [1.165, 1.54) is 31.8 Å². The molecule has 0 heterocycles. The van der Waals surface area contributed by atoms with Crippen LogP contribution in [0.2, 0.25) is 0 Å². The number of allylic oxidation sites excluding steroid dienone is 1. The fourth-order valence-corrected chi connectivity index (χ4v) is 2.25. The molecule has 0 radical (unpaired) electrons. The molecular weight excluding hydrogens is 284 g/mol. The van der Waals surface area contributed by atoms with E-state index < -0.39 is 5.92 Å². The van der Waals surface area contributed by atoms with Crippen molar-refractivity contribution in [3.8, 4) is 0 Å². The Kier molecular flexibility index (Phi) is 13.1. The minimum atomic E-state index is -2.75. The second-order valence-electron chi connectivity index (χ2n) is 5.94. The van der Waals surface area contributed by atoms with Crippen LogP contribution < -0.4 is 5.32 Å². The van der Waals surface area contributed by atoms with Gasteiger partial charge in [-0.15, -0.1) is 0 Å². The third kappa shape index (κ3) is 14.0. The summed E-state index contributed by atoms with van der Waals surface area (Å²) in [6.07, 6.45) is 11.8. The summed E-state index contributed by atoms with van der Waals surface area (Å²) in [5, 5.41) is 2.67. The molecule has 0 bridgehead atoms. The first-order chi connectivity index (χ1) is 10.5. The largest absolute Gasteiger partial charge is 0.353 e. The van der Waals surface area contributed by atoms with Gasteiger partial charge in [0.25, 0.3) is 5.92 Å². The molecule has 0 fully saturated rings. The molecule has 2 nitrogen and oxygen atoms in total. The van der Waals surface area contributed by atoms with E-state index in [2.05, 4.69) is 12.2 Å². The van der Waals surface area contributed by atoms with Gasteiger partial charge in [-0.2, -0.15) is 0 Å². The van der Waals surface area contributed by atoms with Crippen LogP contribution in [-0.2, 0) is 4.79 Å². The summed E-state index contributed by atoms with van der Waals surface area (Å²) in [7, 11) is 0. The van der Waals surface area contributed by atoms with Gasteiger partial charge < -0.3 is 5.32 Å². The highest BCUT2D eigenvalue weighted by molar-refractivity contribution is 5.75. The van der Waals surface area contributed by atoms with Gasteiger partial charge in [-0.25, -0.2) is 8.78 Å². The number of hydrogen-bond donors (Lipinski definition) is 1. The Hall–Kier alpha value is -0.930.